The summed E-state index contributed by atoms with van der Waals surface area (Å²) in [6, 6.07) is 0.833. The molecular weight excluding hydrogens is 309 g/mol. The number of nitrogens with one attached hydrogen (secondary N) is 3. The fourth-order valence-corrected chi connectivity index (χ4v) is 1.60. The minimum atomic E-state index is -4.48. The third-order valence-electron chi connectivity index (χ3n) is 2.45. The van der Waals surface area contributed by atoms with E-state index in [-0.39, 0.29) is 11.5 Å². The smallest absolute Gasteiger partial charge is 0.357 e. The van der Waals surface area contributed by atoms with Crippen LogP contribution in [0.3, 0.4) is 0 Å². The molecule has 0 saturated heterocycles. The van der Waals surface area contributed by atoms with E-state index in [0.29, 0.717) is 25.6 Å². The predicted molar refractivity (Wildman–Crippen MR) is 84.4 cm³/mol. The van der Waals surface area contributed by atoms with Crippen molar-refractivity contribution in [3.63, 3.8) is 0 Å². The number of nitrogens with zero attached hydrogens (tertiary/aromatic N) is 3. The van der Waals surface area contributed by atoms with Crippen LogP contribution in [-0.4, -0.2) is 41.1 Å². The molecule has 0 spiro atoms. The highest BCUT2D eigenvalue weighted by Gasteiger charge is 2.32. The molecule has 9 heteroatoms. The quantitative estimate of drug-likeness (QED) is 0.438. The number of anilines is 1. The molecule has 0 amide bonds. The van der Waals surface area contributed by atoms with Crippen LogP contribution < -0.4 is 16.0 Å². The Labute approximate surface area is 134 Å². The lowest BCUT2D eigenvalue weighted by atomic mass is 10.1. The molecular formula is C14H23F3N6. The van der Waals surface area contributed by atoms with E-state index in [0.717, 1.165) is 12.3 Å². The number of rotatable bonds is 5. The van der Waals surface area contributed by atoms with Crippen LogP contribution in [0.2, 0.25) is 0 Å². The molecule has 0 radical (unpaired) electrons. The third-order valence-corrected chi connectivity index (χ3v) is 2.45. The van der Waals surface area contributed by atoms with Gasteiger partial charge in [-0.2, -0.15) is 13.2 Å². The van der Waals surface area contributed by atoms with Gasteiger partial charge in [0.25, 0.3) is 0 Å². The first-order chi connectivity index (χ1) is 10.6. The first-order valence-corrected chi connectivity index (χ1v) is 7.32. The lowest BCUT2D eigenvalue weighted by Crippen LogP contribution is -2.47. The molecule has 1 aromatic rings. The van der Waals surface area contributed by atoms with Gasteiger partial charge in [-0.15, -0.1) is 0 Å². The Morgan fingerprint density at radius 1 is 1.26 bits per heavy atom. The Kier molecular flexibility index (Phi) is 6.59. The van der Waals surface area contributed by atoms with Crippen molar-refractivity contribution < 1.29 is 13.2 Å². The molecule has 0 unspecified atom stereocenters. The number of aromatic nitrogens is 2. The van der Waals surface area contributed by atoms with E-state index >= 15 is 0 Å². The minimum absolute atomic E-state index is 0.0659. The van der Waals surface area contributed by atoms with Gasteiger partial charge in [-0.05, 0) is 33.8 Å². The van der Waals surface area contributed by atoms with Crippen LogP contribution in [0.25, 0.3) is 0 Å². The van der Waals surface area contributed by atoms with E-state index in [1.165, 1.54) is 0 Å². The minimum Gasteiger partial charge on any atom is -0.357 e. The van der Waals surface area contributed by atoms with E-state index in [2.05, 4.69) is 30.9 Å². The van der Waals surface area contributed by atoms with Gasteiger partial charge in [0.05, 0.1) is 6.54 Å². The molecule has 130 valence electrons. The molecule has 0 aromatic carbocycles. The first-order valence-electron chi connectivity index (χ1n) is 7.32. The summed E-state index contributed by atoms with van der Waals surface area (Å²) in [7, 11) is 0. The molecule has 3 N–H and O–H groups in total. The summed E-state index contributed by atoms with van der Waals surface area (Å²) >= 11 is 0. The summed E-state index contributed by atoms with van der Waals surface area (Å²) in [4.78, 5) is 11.5. The molecule has 6 nitrogen and oxygen atoms in total. The monoisotopic (exact) mass is 332 g/mol. The SMILES string of the molecule is CCNC(=NCCNc1nccc(C(F)(F)F)n1)NC(C)(C)C. The van der Waals surface area contributed by atoms with Crippen LogP contribution >= 0.6 is 0 Å². The zero-order valence-electron chi connectivity index (χ0n) is 13.8. The fraction of sp³-hybridized carbons (Fsp3) is 0.643. The molecule has 0 saturated carbocycles. The Hall–Kier alpha value is -2.06. The lowest BCUT2D eigenvalue weighted by Gasteiger charge is -2.23. The van der Waals surface area contributed by atoms with Gasteiger partial charge in [0, 0.05) is 24.8 Å². The molecule has 1 aromatic heterocycles. The van der Waals surface area contributed by atoms with E-state index in [1.54, 1.807) is 0 Å². The molecule has 0 bridgehead atoms. The van der Waals surface area contributed by atoms with Crippen molar-refractivity contribution in [2.24, 2.45) is 4.99 Å². The van der Waals surface area contributed by atoms with Gasteiger partial charge in [-0.1, -0.05) is 0 Å². The van der Waals surface area contributed by atoms with E-state index < -0.39 is 11.9 Å². The van der Waals surface area contributed by atoms with Crippen molar-refractivity contribution in [3.05, 3.63) is 18.0 Å². The number of hydrogen-bond acceptors (Lipinski definition) is 4. The highest BCUT2D eigenvalue weighted by atomic mass is 19.4. The van der Waals surface area contributed by atoms with Crippen LogP contribution in [0.4, 0.5) is 19.1 Å². The number of halogens is 3. The van der Waals surface area contributed by atoms with Crippen LogP contribution in [0, 0.1) is 0 Å². The average Bonchev–Trinajstić information content (AvgIpc) is 2.41. The molecule has 0 fully saturated rings. The molecule has 23 heavy (non-hydrogen) atoms. The second-order valence-electron chi connectivity index (χ2n) is 5.83. The van der Waals surface area contributed by atoms with Crippen molar-refractivity contribution in [3.8, 4) is 0 Å². The number of guanidine groups is 1. The summed E-state index contributed by atoms with van der Waals surface area (Å²) in [5, 5.41) is 9.05. The van der Waals surface area contributed by atoms with Crippen molar-refractivity contribution in [2.75, 3.05) is 25.0 Å². The van der Waals surface area contributed by atoms with Crippen LogP contribution in [0.1, 0.15) is 33.4 Å². The summed E-state index contributed by atoms with van der Waals surface area (Å²) in [6.07, 6.45) is -3.40. The lowest BCUT2D eigenvalue weighted by molar-refractivity contribution is -0.141. The fourth-order valence-electron chi connectivity index (χ4n) is 1.60. The van der Waals surface area contributed by atoms with Crippen LogP contribution in [0.5, 0.6) is 0 Å². The molecule has 0 aliphatic heterocycles. The standard InChI is InChI=1S/C14H23F3N6/c1-5-18-12(23-13(2,3)4)21-9-8-20-11-19-7-6-10(22-11)14(15,16)17/h6-7H,5,8-9H2,1-4H3,(H2,18,21,23)(H,19,20,22). The summed E-state index contributed by atoms with van der Waals surface area (Å²) in [5.74, 6) is 0.579. The van der Waals surface area contributed by atoms with Gasteiger partial charge in [-0.25, -0.2) is 9.97 Å². The molecule has 0 aliphatic rings. The molecule has 1 rings (SSSR count). The van der Waals surface area contributed by atoms with Gasteiger partial charge in [0.2, 0.25) is 5.95 Å². The molecule has 1 heterocycles. The molecule has 0 atom stereocenters. The van der Waals surface area contributed by atoms with Gasteiger partial charge in [0.15, 0.2) is 5.96 Å². The first kappa shape index (κ1) is 19.0. The van der Waals surface area contributed by atoms with Gasteiger partial charge in [-0.3, -0.25) is 4.99 Å². The van der Waals surface area contributed by atoms with Crippen molar-refractivity contribution in [1.29, 1.82) is 0 Å². The maximum Gasteiger partial charge on any atom is 0.433 e. The summed E-state index contributed by atoms with van der Waals surface area (Å²) < 4.78 is 37.6. The van der Waals surface area contributed by atoms with Gasteiger partial charge >= 0.3 is 6.18 Å². The van der Waals surface area contributed by atoms with Gasteiger partial charge in [0.1, 0.15) is 5.69 Å². The Morgan fingerprint density at radius 2 is 1.96 bits per heavy atom. The highest BCUT2D eigenvalue weighted by Crippen LogP contribution is 2.27. The Balaban J connectivity index is 2.57. The normalized spacial score (nSPS) is 12.9. The second-order valence-corrected chi connectivity index (χ2v) is 5.83. The number of aliphatic imine (C=N–C) groups is 1. The number of alkyl halides is 3. The number of hydrogen-bond donors (Lipinski definition) is 3. The van der Waals surface area contributed by atoms with Gasteiger partial charge < -0.3 is 16.0 Å². The zero-order chi connectivity index (χ0) is 17.5. The predicted octanol–water partition coefficient (Wildman–Crippen LogP) is 2.26. The van der Waals surface area contributed by atoms with Crippen LogP contribution in [-0.2, 0) is 6.18 Å². The summed E-state index contributed by atoms with van der Waals surface area (Å²) in [5.41, 5.74) is -1.11. The van der Waals surface area contributed by atoms with E-state index in [9.17, 15) is 13.2 Å². The Bertz CT molecular complexity index is 522. The highest BCUT2D eigenvalue weighted by molar-refractivity contribution is 5.80. The van der Waals surface area contributed by atoms with E-state index in [1.807, 2.05) is 27.7 Å². The summed E-state index contributed by atoms with van der Waals surface area (Å²) in [6.45, 7) is 9.38. The molecule has 0 aliphatic carbocycles. The van der Waals surface area contributed by atoms with Crippen molar-refractivity contribution in [1.82, 2.24) is 20.6 Å². The zero-order valence-corrected chi connectivity index (χ0v) is 13.8. The third kappa shape index (κ3) is 7.66. The largest absolute Gasteiger partial charge is 0.433 e. The van der Waals surface area contributed by atoms with Crippen molar-refractivity contribution in [2.45, 2.75) is 39.4 Å². The maximum absolute atomic E-state index is 12.5. The second kappa shape index (κ2) is 7.98. The topological polar surface area (TPSA) is 74.2 Å². The van der Waals surface area contributed by atoms with Crippen LogP contribution in [0.15, 0.2) is 17.3 Å². The average molecular weight is 332 g/mol. The van der Waals surface area contributed by atoms with E-state index in [4.69, 9.17) is 0 Å². The van der Waals surface area contributed by atoms with Crippen molar-refractivity contribution >= 4 is 11.9 Å². The maximum atomic E-state index is 12.5. The Morgan fingerprint density at radius 3 is 2.52 bits per heavy atom.